The Morgan fingerprint density at radius 3 is 2.36 bits per heavy atom. The van der Waals surface area contributed by atoms with Gasteiger partial charge in [0.2, 0.25) is 11.8 Å². The predicted molar refractivity (Wildman–Crippen MR) is 210 cm³/mol. The number of ether oxygens (including phenoxy) is 1. The molecule has 4 unspecified atom stereocenters. The van der Waals surface area contributed by atoms with Gasteiger partial charge in [-0.05, 0) is 112 Å². The summed E-state index contributed by atoms with van der Waals surface area (Å²) in [6.07, 6.45) is 11.1. The number of aromatic nitrogens is 1. The van der Waals surface area contributed by atoms with Crippen LogP contribution in [0.4, 0.5) is 0 Å². The Morgan fingerprint density at radius 2 is 1.66 bits per heavy atom. The molecule has 4 aromatic rings. The highest BCUT2D eigenvalue weighted by molar-refractivity contribution is 6.01. The van der Waals surface area contributed by atoms with Gasteiger partial charge in [-0.1, -0.05) is 55.7 Å². The number of nitrogens with zero attached hydrogens (tertiary/aromatic N) is 4. The molecular formula is C45H55N5O3. The first-order chi connectivity index (χ1) is 25.8. The first kappa shape index (κ1) is 34.6. The second-order valence-corrected chi connectivity index (χ2v) is 17.1. The predicted octanol–water partition coefficient (Wildman–Crippen LogP) is 7.54. The molecule has 2 bridgehead atoms. The van der Waals surface area contributed by atoms with E-state index < -0.39 is 11.3 Å². The maximum Gasteiger partial charge on any atom is 0.248 e. The highest BCUT2D eigenvalue weighted by Crippen LogP contribution is 2.67. The van der Waals surface area contributed by atoms with Crippen LogP contribution in [0.5, 0.6) is 5.75 Å². The molecule has 5 aliphatic rings. The molecule has 1 aromatic heterocycles. The molecule has 8 heteroatoms. The summed E-state index contributed by atoms with van der Waals surface area (Å²) >= 11 is 0. The molecule has 2 amide bonds. The summed E-state index contributed by atoms with van der Waals surface area (Å²) in [4.78, 5) is 35.4. The van der Waals surface area contributed by atoms with Crippen LogP contribution in [0.2, 0.25) is 0 Å². The number of amides is 2. The molecule has 2 N–H and O–H groups in total. The van der Waals surface area contributed by atoms with Gasteiger partial charge in [-0.2, -0.15) is 0 Å². The van der Waals surface area contributed by atoms with Crippen LogP contribution >= 0.6 is 0 Å². The molecule has 53 heavy (non-hydrogen) atoms. The Bertz CT molecular complexity index is 2020. The monoisotopic (exact) mass is 713 g/mol. The number of hydrogen-bond donors (Lipinski definition) is 1. The minimum absolute atomic E-state index is 0.125. The van der Waals surface area contributed by atoms with Crippen molar-refractivity contribution in [2.75, 3.05) is 34.3 Å². The van der Waals surface area contributed by atoms with Crippen molar-refractivity contribution in [3.05, 3.63) is 89.0 Å². The summed E-state index contributed by atoms with van der Waals surface area (Å²) in [7, 11) is 6.05. The molecule has 9 rings (SSSR count). The highest BCUT2D eigenvalue weighted by atomic mass is 16.5. The Labute approximate surface area is 314 Å². The molecule has 4 fully saturated rings. The van der Waals surface area contributed by atoms with Crippen molar-refractivity contribution in [2.24, 2.45) is 11.1 Å². The SMILES string of the molecule is COc1ccc2c(c1)C1CC1(C(=O)N1C3CCC1CC(N(CCN(C)C)Cc1ccccc1)C3)Cn1c-2c(C2CCCCC2)c2ccc(C(N)=O)cc21. The van der Waals surface area contributed by atoms with Crippen LogP contribution in [-0.2, 0) is 17.9 Å². The van der Waals surface area contributed by atoms with Crippen molar-refractivity contribution in [2.45, 2.75) is 107 Å². The van der Waals surface area contributed by atoms with E-state index in [9.17, 15) is 4.79 Å². The number of hydrogen-bond acceptors (Lipinski definition) is 5. The molecule has 2 saturated heterocycles. The van der Waals surface area contributed by atoms with Crippen LogP contribution < -0.4 is 10.5 Å². The Balaban J connectivity index is 1.10. The number of primary amides is 1. The summed E-state index contributed by atoms with van der Waals surface area (Å²) in [6.45, 7) is 3.60. The third-order valence-electron chi connectivity index (χ3n) is 13.8. The molecule has 8 nitrogen and oxygen atoms in total. The van der Waals surface area contributed by atoms with Crippen LogP contribution in [0.15, 0.2) is 66.7 Å². The van der Waals surface area contributed by atoms with E-state index >= 15 is 4.79 Å². The lowest BCUT2D eigenvalue weighted by molar-refractivity contribution is -0.143. The van der Waals surface area contributed by atoms with Crippen molar-refractivity contribution in [1.29, 1.82) is 0 Å². The Kier molecular flexibility index (Phi) is 8.89. The van der Waals surface area contributed by atoms with E-state index in [0.29, 0.717) is 30.0 Å². The summed E-state index contributed by atoms with van der Waals surface area (Å²) in [5, 5.41) is 1.21. The van der Waals surface area contributed by atoms with E-state index in [2.05, 4.69) is 88.0 Å². The molecular weight excluding hydrogens is 659 g/mol. The van der Waals surface area contributed by atoms with Crippen LogP contribution in [-0.4, -0.2) is 83.5 Å². The fraction of sp³-hybridized carbons (Fsp3) is 0.511. The number of nitrogens with two attached hydrogens (primary N) is 1. The van der Waals surface area contributed by atoms with Crippen molar-refractivity contribution in [3.8, 4) is 17.0 Å². The molecule has 278 valence electrons. The van der Waals surface area contributed by atoms with Crippen LogP contribution in [0, 0.1) is 5.41 Å². The number of benzene rings is 3. The third-order valence-corrected chi connectivity index (χ3v) is 13.8. The molecule has 4 atom stereocenters. The van der Waals surface area contributed by atoms with Gasteiger partial charge in [0, 0.05) is 72.3 Å². The largest absolute Gasteiger partial charge is 0.497 e. The highest BCUT2D eigenvalue weighted by Gasteiger charge is 2.65. The lowest BCUT2D eigenvalue weighted by atomic mass is 9.81. The standard InChI is InChI=1S/C45H55N5O3/c1-47(2)20-21-48(27-29-10-6-4-7-11-29)34-23-32-15-16-33(24-34)50(32)44(52)45-26-39(45)38-25-35(53-3)17-19-36(38)42-41(30-12-8-5-9-13-30)37-18-14-31(43(46)51)22-40(37)49(42)28-45/h4,6-7,10-11,14,17-19,22,25,30,32-34,39H,5,8-9,12-13,15-16,20-21,23-24,26-28H2,1-3H3,(H2,46,51). The van der Waals surface area contributed by atoms with Gasteiger partial charge in [-0.25, -0.2) is 0 Å². The average molecular weight is 714 g/mol. The quantitative estimate of drug-likeness (QED) is 0.184. The van der Waals surface area contributed by atoms with Gasteiger partial charge in [0.1, 0.15) is 5.75 Å². The van der Waals surface area contributed by atoms with Crippen LogP contribution in [0.25, 0.3) is 22.2 Å². The zero-order valence-electron chi connectivity index (χ0n) is 31.7. The number of carbonyl (C=O) groups excluding carboxylic acids is 2. The fourth-order valence-electron chi connectivity index (χ4n) is 11.0. The normalized spacial score (nSPS) is 26.3. The zero-order valence-corrected chi connectivity index (χ0v) is 31.7. The second-order valence-electron chi connectivity index (χ2n) is 17.1. The number of piperidine rings is 1. The average Bonchev–Trinajstić information content (AvgIpc) is 3.77. The minimum Gasteiger partial charge on any atom is -0.497 e. The number of methoxy groups -OCH3 is 1. The first-order valence-corrected chi connectivity index (χ1v) is 20.2. The Hall–Kier alpha value is -4.14. The van der Waals surface area contributed by atoms with Gasteiger partial charge in [-0.3, -0.25) is 14.5 Å². The minimum atomic E-state index is -0.535. The van der Waals surface area contributed by atoms with Gasteiger partial charge >= 0.3 is 0 Å². The Morgan fingerprint density at radius 1 is 0.906 bits per heavy atom. The fourth-order valence-corrected chi connectivity index (χ4v) is 11.0. The van der Waals surface area contributed by atoms with E-state index in [1.165, 1.54) is 52.6 Å². The first-order valence-electron chi connectivity index (χ1n) is 20.2. The number of likely N-dealkylation sites (N-methyl/N-ethyl adjacent to an activating group) is 1. The van der Waals surface area contributed by atoms with Crippen molar-refractivity contribution in [1.82, 2.24) is 19.3 Å². The molecule has 2 saturated carbocycles. The molecule has 0 spiro atoms. The molecule has 3 aliphatic heterocycles. The maximum absolute atomic E-state index is 15.5. The van der Waals surface area contributed by atoms with Crippen LogP contribution in [0.3, 0.4) is 0 Å². The van der Waals surface area contributed by atoms with E-state index in [1.54, 1.807) is 7.11 Å². The topological polar surface area (TPSA) is 84.0 Å². The van der Waals surface area contributed by atoms with Gasteiger partial charge in [0.25, 0.3) is 0 Å². The smallest absolute Gasteiger partial charge is 0.248 e. The second kappa shape index (κ2) is 13.6. The molecule has 0 radical (unpaired) electrons. The van der Waals surface area contributed by atoms with Crippen LogP contribution in [0.1, 0.15) is 103 Å². The maximum atomic E-state index is 15.5. The van der Waals surface area contributed by atoms with Gasteiger partial charge in [0.15, 0.2) is 0 Å². The van der Waals surface area contributed by atoms with E-state index in [-0.39, 0.29) is 18.0 Å². The summed E-state index contributed by atoms with van der Waals surface area (Å²) in [5.41, 5.74) is 13.4. The molecule has 2 aliphatic carbocycles. The summed E-state index contributed by atoms with van der Waals surface area (Å²) in [5.74, 6) is 1.33. The van der Waals surface area contributed by atoms with Crippen molar-refractivity contribution in [3.63, 3.8) is 0 Å². The van der Waals surface area contributed by atoms with E-state index in [4.69, 9.17) is 10.5 Å². The number of rotatable bonds is 10. The molecule has 4 heterocycles. The van der Waals surface area contributed by atoms with Gasteiger partial charge < -0.3 is 24.8 Å². The third kappa shape index (κ3) is 5.97. The number of fused-ring (bicyclic) bond motifs is 9. The van der Waals surface area contributed by atoms with E-state index in [0.717, 1.165) is 75.8 Å². The number of carbonyl (C=O) groups is 2. The zero-order chi connectivity index (χ0) is 36.4. The molecule has 3 aromatic carbocycles. The van der Waals surface area contributed by atoms with Crippen molar-refractivity contribution < 1.29 is 14.3 Å². The van der Waals surface area contributed by atoms with E-state index in [1.807, 2.05) is 12.1 Å². The lowest BCUT2D eigenvalue weighted by Crippen LogP contribution is -2.55. The lowest BCUT2D eigenvalue weighted by Gasteiger charge is -2.45. The van der Waals surface area contributed by atoms with Gasteiger partial charge in [0.05, 0.1) is 18.2 Å². The summed E-state index contributed by atoms with van der Waals surface area (Å²) < 4.78 is 8.27. The summed E-state index contributed by atoms with van der Waals surface area (Å²) in [6, 6.07) is 24.4. The van der Waals surface area contributed by atoms with Crippen molar-refractivity contribution >= 4 is 22.7 Å². The van der Waals surface area contributed by atoms with Gasteiger partial charge in [-0.15, -0.1) is 0 Å².